The van der Waals surface area contributed by atoms with Crippen molar-refractivity contribution in [1.82, 2.24) is 9.88 Å². The Kier molecular flexibility index (Phi) is 5.51. The molecule has 1 fully saturated rings. The number of rotatable bonds is 3. The maximum atomic E-state index is 12.6. The molecule has 1 aliphatic rings. The molecule has 2 heterocycles. The number of nitrogens with one attached hydrogen (secondary N) is 1. The molecule has 0 spiro atoms. The van der Waals surface area contributed by atoms with Crippen molar-refractivity contribution in [3.63, 3.8) is 0 Å². The predicted molar refractivity (Wildman–Crippen MR) is 83.9 cm³/mol. The lowest BCUT2D eigenvalue weighted by Crippen LogP contribution is -2.33. The molecule has 0 saturated carbocycles. The van der Waals surface area contributed by atoms with Crippen molar-refractivity contribution in [2.45, 2.75) is 13.3 Å². The zero-order chi connectivity index (χ0) is 13.7. The number of carbonyl (C=O) groups is 1. The molecule has 1 aromatic heterocycles. The van der Waals surface area contributed by atoms with Crippen LogP contribution in [0.25, 0.3) is 0 Å². The van der Waals surface area contributed by atoms with Crippen LogP contribution in [-0.4, -0.2) is 46.9 Å². The molecule has 19 heavy (non-hydrogen) atoms. The minimum Gasteiger partial charge on any atom is -0.370 e. The van der Waals surface area contributed by atoms with E-state index in [-0.39, 0.29) is 5.91 Å². The summed E-state index contributed by atoms with van der Waals surface area (Å²) in [7, 11) is 0. The maximum Gasteiger partial charge on any atom is 0.257 e. The number of hydrogen-bond donors (Lipinski definition) is 1. The van der Waals surface area contributed by atoms with Crippen LogP contribution in [0.1, 0.15) is 23.7 Å². The summed E-state index contributed by atoms with van der Waals surface area (Å²) in [6, 6.07) is 1.85. The number of aromatic nitrogens is 1. The first-order chi connectivity index (χ1) is 9.22. The molecule has 0 atom stereocenters. The Morgan fingerprint density at radius 3 is 3.16 bits per heavy atom. The first kappa shape index (κ1) is 14.7. The largest absolute Gasteiger partial charge is 0.370 e. The van der Waals surface area contributed by atoms with E-state index in [4.69, 9.17) is 0 Å². The Morgan fingerprint density at radius 2 is 2.37 bits per heavy atom. The van der Waals surface area contributed by atoms with Crippen LogP contribution in [0.15, 0.2) is 16.7 Å². The highest BCUT2D eigenvalue weighted by Gasteiger charge is 2.21. The molecule has 6 heteroatoms. The fourth-order valence-corrected chi connectivity index (χ4v) is 3.25. The molecule has 1 N–H and O–H groups in total. The molecule has 4 nitrogen and oxygen atoms in total. The van der Waals surface area contributed by atoms with E-state index in [1.54, 1.807) is 6.20 Å². The molecule has 0 aliphatic carbocycles. The number of halogens is 1. The first-order valence-corrected chi connectivity index (χ1v) is 8.43. The lowest BCUT2D eigenvalue weighted by atomic mass is 10.2. The zero-order valence-electron chi connectivity index (χ0n) is 11.0. The number of nitrogens with zero attached hydrogens (tertiary/aromatic N) is 2. The zero-order valence-corrected chi connectivity index (χ0v) is 13.4. The summed E-state index contributed by atoms with van der Waals surface area (Å²) >= 11 is 5.31. The van der Waals surface area contributed by atoms with Gasteiger partial charge in [-0.2, -0.15) is 11.8 Å². The van der Waals surface area contributed by atoms with Crippen molar-refractivity contribution in [2.75, 3.05) is 36.5 Å². The van der Waals surface area contributed by atoms with Gasteiger partial charge in [-0.25, -0.2) is 4.98 Å². The molecule has 2 rings (SSSR count). The summed E-state index contributed by atoms with van der Waals surface area (Å²) in [5.74, 6) is 2.91. The van der Waals surface area contributed by atoms with Crippen LogP contribution in [0, 0.1) is 0 Å². The second-order valence-corrected chi connectivity index (χ2v) is 6.48. The lowest BCUT2D eigenvalue weighted by Gasteiger charge is -2.21. The van der Waals surface area contributed by atoms with E-state index in [0.717, 1.165) is 42.0 Å². The number of pyridine rings is 1. The van der Waals surface area contributed by atoms with Crippen LogP contribution in [0.3, 0.4) is 0 Å². The fourth-order valence-electron chi connectivity index (χ4n) is 2.03. The van der Waals surface area contributed by atoms with E-state index in [9.17, 15) is 4.79 Å². The molecular formula is C13H18BrN3OS. The van der Waals surface area contributed by atoms with Crippen molar-refractivity contribution in [1.29, 1.82) is 0 Å². The monoisotopic (exact) mass is 343 g/mol. The molecule has 1 amide bonds. The lowest BCUT2D eigenvalue weighted by molar-refractivity contribution is 0.0769. The van der Waals surface area contributed by atoms with Crippen LogP contribution in [0.4, 0.5) is 5.82 Å². The van der Waals surface area contributed by atoms with Crippen LogP contribution < -0.4 is 5.32 Å². The highest BCUT2D eigenvalue weighted by Crippen LogP contribution is 2.21. The Labute approximate surface area is 126 Å². The summed E-state index contributed by atoms with van der Waals surface area (Å²) in [5, 5.41) is 3.15. The van der Waals surface area contributed by atoms with Crippen LogP contribution in [-0.2, 0) is 0 Å². The fraction of sp³-hybridized carbons (Fsp3) is 0.538. The van der Waals surface area contributed by atoms with Gasteiger partial charge in [0, 0.05) is 36.1 Å². The number of anilines is 1. The topological polar surface area (TPSA) is 45.2 Å². The van der Waals surface area contributed by atoms with Crippen LogP contribution >= 0.6 is 27.7 Å². The van der Waals surface area contributed by atoms with Gasteiger partial charge in [-0.05, 0) is 41.1 Å². The second-order valence-electron chi connectivity index (χ2n) is 4.34. The summed E-state index contributed by atoms with van der Waals surface area (Å²) in [6.45, 7) is 4.41. The third-order valence-corrected chi connectivity index (χ3v) is 4.42. The van der Waals surface area contributed by atoms with Crippen molar-refractivity contribution >= 4 is 39.4 Å². The molecule has 104 valence electrons. The third kappa shape index (κ3) is 3.86. The second kappa shape index (κ2) is 7.14. The summed E-state index contributed by atoms with van der Waals surface area (Å²) in [4.78, 5) is 18.8. The maximum absolute atomic E-state index is 12.6. The molecule has 0 unspecified atom stereocenters. The van der Waals surface area contributed by atoms with E-state index in [1.165, 1.54) is 0 Å². The highest BCUT2D eigenvalue weighted by atomic mass is 79.9. The average molecular weight is 344 g/mol. The predicted octanol–water partition coefficient (Wildman–Crippen LogP) is 2.86. The summed E-state index contributed by atoms with van der Waals surface area (Å²) in [6.07, 6.45) is 2.78. The van der Waals surface area contributed by atoms with Gasteiger partial charge in [-0.1, -0.05) is 0 Å². The molecule has 1 aromatic rings. The standard InChI is InChI=1S/C13H18BrN3OS/c1-2-15-12-11(8-10(14)9-16-12)13(18)17-4-3-6-19-7-5-17/h8-9H,2-7H2,1H3,(H,15,16). The van der Waals surface area contributed by atoms with Crippen LogP contribution in [0.2, 0.25) is 0 Å². The van der Waals surface area contributed by atoms with Crippen molar-refractivity contribution in [2.24, 2.45) is 0 Å². The van der Waals surface area contributed by atoms with Crippen molar-refractivity contribution < 1.29 is 4.79 Å². The van der Waals surface area contributed by atoms with E-state index in [1.807, 2.05) is 29.7 Å². The number of thioether (sulfide) groups is 1. The highest BCUT2D eigenvalue weighted by molar-refractivity contribution is 9.10. The minimum absolute atomic E-state index is 0.0762. The van der Waals surface area contributed by atoms with Gasteiger partial charge < -0.3 is 10.2 Å². The third-order valence-electron chi connectivity index (χ3n) is 2.94. The number of carbonyl (C=O) groups excluding carboxylic acids is 1. The Hall–Kier alpha value is -0.750. The Balaban J connectivity index is 2.23. The van der Waals surface area contributed by atoms with Crippen molar-refractivity contribution in [3.8, 4) is 0 Å². The normalized spacial score (nSPS) is 16.0. The molecule has 0 bridgehead atoms. The van der Waals surface area contributed by atoms with Gasteiger partial charge in [-0.15, -0.1) is 0 Å². The minimum atomic E-state index is 0.0762. The van der Waals surface area contributed by atoms with Gasteiger partial charge in [0.2, 0.25) is 0 Å². The summed E-state index contributed by atoms with van der Waals surface area (Å²) in [5.41, 5.74) is 0.656. The quantitative estimate of drug-likeness (QED) is 0.916. The first-order valence-electron chi connectivity index (χ1n) is 6.49. The van der Waals surface area contributed by atoms with E-state index in [2.05, 4.69) is 26.2 Å². The smallest absolute Gasteiger partial charge is 0.257 e. The molecule has 1 saturated heterocycles. The summed E-state index contributed by atoms with van der Waals surface area (Å²) < 4.78 is 0.835. The van der Waals surface area contributed by atoms with E-state index >= 15 is 0 Å². The average Bonchev–Trinajstić information content (AvgIpc) is 2.69. The Bertz CT molecular complexity index is 448. The SMILES string of the molecule is CCNc1ncc(Br)cc1C(=O)N1CCCSCC1. The number of hydrogen-bond acceptors (Lipinski definition) is 4. The van der Waals surface area contributed by atoms with Gasteiger partial charge in [0.15, 0.2) is 0 Å². The molecule has 0 radical (unpaired) electrons. The van der Waals surface area contributed by atoms with E-state index < -0.39 is 0 Å². The van der Waals surface area contributed by atoms with Crippen LogP contribution in [0.5, 0.6) is 0 Å². The molecular weight excluding hydrogens is 326 g/mol. The van der Waals surface area contributed by atoms with Gasteiger partial charge >= 0.3 is 0 Å². The number of amides is 1. The molecule has 1 aliphatic heterocycles. The molecule has 0 aromatic carbocycles. The van der Waals surface area contributed by atoms with Gasteiger partial charge in [-0.3, -0.25) is 4.79 Å². The van der Waals surface area contributed by atoms with Gasteiger partial charge in [0.1, 0.15) is 5.82 Å². The van der Waals surface area contributed by atoms with Crippen molar-refractivity contribution in [3.05, 3.63) is 22.3 Å². The Morgan fingerprint density at radius 1 is 1.53 bits per heavy atom. The van der Waals surface area contributed by atoms with Gasteiger partial charge in [0.05, 0.1) is 5.56 Å². The van der Waals surface area contributed by atoms with Gasteiger partial charge in [0.25, 0.3) is 5.91 Å². The van der Waals surface area contributed by atoms with E-state index in [0.29, 0.717) is 11.4 Å².